The summed E-state index contributed by atoms with van der Waals surface area (Å²) in [6, 6.07) is 9.28. The summed E-state index contributed by atoms with van der Waals surface area (Å²) in [5.41, 5.74) is 2.93. The molecule has 0 bridgehead atoms. The molecule has 1 N–H and O–H groups in total. The van der Waals surface area contributed by atoms with Crippen LogP contribution in [0.15, 0.2) is 36.5 Å². The first-order chi connectivity index (χ1) is 14.0. The van der Waals surface area contributed by atoms with Gasteiger partial charge in [-0.25, -0.2) is 9.37 Å². The fraction of sp³-hybridized carbons (Fsp3) is 0.522. The Kier molecular flexibility index (Phi) is 6.13. The van der Waals surface area contributed by atoms with Gasteiger partial charge >= 0.3 is 0 Å². The molecule has 5 nitrogen and oxygen atoms in total. The molecule has 0 aliphatic carbocycles. The monoisotopic (exact) mass is 399 g/mol. The number of halogens is 1. The molecule has 2 fully saturated rings. The maximum absolute atomic E-state index is 13.9. The number of nitrogens with zero attached hydrogens (tertiary/aromatic N) is 3. The molecule has 2 aliphatic rings. The summed E-state index contributed by atoms with van der Waals surface area (Å²) in [6.45, 7) is 7.20. The first kappa shape index (κ1) is 20.3. The molecule has 0 saturated carbocycles. The van der Waals surface area contributed by atoms with Crippen molar-refractivity contribution in [3.63, 3.8) is 0 Å². The topological polar surface area (TPSA) is 48.8 Å². The number of piperidine rings is 1. The lowest BCUT2D eigenvalue weighted by Crippen LogP contribution is -2.57. The first-order valence-electron chi connectivity index (χ1n) is 10.5. The average molecular weight is 400 g/mol. The minimum absolute atomic E-state index is 0.0404. The highest BCUT2D eigenvalue weighted by atomic mass is 19.1. The largest absolute Gasteiger partial charge is 0.396 e. The number of aliphatic hydroxyl groups is 1. The van der Waals surface area contributed by atoms with Crippen LogP contribution in [0.5, 0.6) is 0 Å². The van der Waals surface area contributed by atoms with Gasteiger partial charge in [0.25, 0.3) is 0 Å². The van der Waals surface area contributed by atoms with E-state index < -0.39 is 0 Å². The summed E-state index contributed by atoms with van der Waals surface area (Å²) in [5.74, 6) is 0.808. The van der Waals surface area contributed by atoms with Crippen LogP contribution >= 0.6 is 0 Å². The predicted molar refractivity (Wildman–Crippen MR) is 112 cm³/mol. The first-order valence-corrected chi connectivity index (χ1v) is 10.5. The number of hydrogen-bond donors (Lipinski definition) is 1. The van der Waals surface area contributed by atoms with Crippen molar-refractivity contribution in [2.45, 2.75) is 38.3 Å². The summed E-state index contributed by atoms with van der Waals surface area (Å²) >= 11 is 0. The second kappa shape index (κ2) is 8.78. The van der Waals surface area contributed by atoms with Crippen molar-refractivity contribution in [1.82, 2.24) is 9.88 Å². The van der Waals surface area contributed by atoms with E-state index in [2.05, 4.69) is 27.8 Å². The Morgan fingerprint density at radius 3 is 2.69 bits per heavy atom. The highest BCUT2D eigenvalue weighted by Crippen LogP contribution is 2.32. The van der Waals surface area contributed by atoms with Crippen LogP contribution < -0.4 is 4.90 Å². The van der Waals surface area contributed by atoms with Crippen molar-refractivity contribution in [1.29, 1.82) is 0 Å². The fourth-order valence-corrected chi connectivity index (χ4v) is 4.49. The molecule has 0 radical (unpaired) electrons. The molecule has 29 heavy (non-hydrogen) atoms. The Hall–Kier alpha value is -2.02. The van der Waals surface area contributed by atoms with Gasteiger partial charge in [0, 0.05) is 45.5 Å². The standard InChI is InChI=1S/C23H30FN3O2/c1-18-2-6-25-22(12-18)27-9-11-29-23(17-27)4-7-26(8-5-23)16-20-13-19(3-10-28)14-21(24)15-20/h2,6,12-15,28H,3-5,7-11,16-17H2,1H3. The Balaban J connectivity index is 1.37. The number of pyridine rings is 1. The van der Waals surface area contributed by atoms with Crippen LogP contribution in [-0.4, -0.2) is 60.0 Å². The van der Waals surface area contributed by atoms with Crippen molar-refractivity contribution in [3.05, 3.63) is 59.0 Å². The van der Waals surface area contributed by atoms with Gasteiger partial charge < -0.3 is 14.7 Å². The van der Waals surface area contributed by atoms with E-state index in [1.807, 2.05) is 18.3 Å². The maximum atomic E-state index is 13.9. The number of rotatable bonds is 5. The Labute approximate surface area is 172 Å². The van der Waals surface area contributed by atoms with Gasteiger partial charge in [-0.2, -0.15) is 0 Å². The van der Waals surface area contributed by atoms with E-state index >= 15 is 0 Å². The van der Waals surface area contributed by atoms with Crippen LogP contribution in [0, 0.1) is 12.7 Å². The van der Waals surface area contributed by atoms with Gasteiger partial charge in [0.15, 0.2) is 0 Å². The molecule has 156 valence electrons. The fourth-order valence-electron chi connectivity index (χ4n) is 4.49. The SMILES string of the molecule is Cc1ccnc(N2CCOC3(CCN(Cc4cc(F)cc(CCO)c4)CC3)C2)c1. The normalized spacial score (nSPS) is 19.6. The molecular weight excluding hydrogens is 369 g/mol. The van der Waals surface area contributed by atoms with Gasteiger partial charge in [-0.15, -0.1) is 0 Å². The lowest BCUT2D eigenvalue weighted by molar-refractivity contribution is -0.0922. The molecule has 0 atom stereocenters. The van der Waals surface area contributed by atoms with Crippen LogP contribution in [0.1, 0.15) is 29.5 Å². The lowest BCUT2D eigenvalue weighted by Gasteiger charge is -2.47. The number of hydrogen-bond acceptors (Lipinski definition) is 5. The number of aromatic nitrogens is 1. The molecule has 2 saturated heterocycles. The molecule has 1 aromatic carbocycles. The minimum Gasteiger partial charge on any atom is -0.396 e. The zero-order valence-corrected chi connectivity index (χ0v) is 17.1. The van der Waals surface area contributed by atoms with E-state index in [1.165, 1.54) is 11.6 Å². The van der Waals surface area contributed by atoms with Gasteiger partial charge in [-0.1, -0.05) is 6.07 Å². The Morgan fingerprint density at radius 2 is 1.93 bits per heavy atom. The zero-order chi connectivity index (χ0) is 20.3. The van der Waals surface area contributed by atoms with Crippen molar-refractivity contribution < 1.29 is 14.2 Å². The van der Waals surface area contributed by atoms with Gasteiger partial charge in [0.05, 0.1) is 12.2 Å². The second-order valence-corrected chi connectivity index (χ2v) is 8.36. The summed E-state index contributed by atoms with van der Waals surface area (Å²) < 4.78 is 20.2. The molecule has 0 amide bonds. The van der Waals surface area contributed by atoms with Crippen LogP contribution in [0.3, 0.4) is 0 Å². The third-order valence-electron chi connectivity index (χ3n) is 6.06. The van der Waals surface area contributed by atoms with E-state index in [0.717, 1.165) is 69.1 Å². The molecule has 1 spiro atoms. The molecule has 1 aromatic heterocycles. The van der Waals surface area contributed by atoms with Crippen molar-refractivity contribution >= 4 is 5.82 Å². The lowest BCUT2D eigenvalue weighted by atomic mass is 9.89. The number of benzene rings is 1. The third kappa shape index (κ3) is 4.94. The number of likely N-dealkylation sites (tertiary alicyclic amines) is 1. The molecule has 2 aliphatic heterocycles. The van der Waals surface area contributed by atoms with Crippen LogP contribution in [0.2, 0.25) is 0 Å². The highest BCUT2D eigenvalue weighted by Gasteiger charge is 2.40. The van der Waals surface area contributed by atoms with Crippen LogP contribution in [0.25, 0.3) is 0 Å². The van der Waals surface area contributed by atoms with E-state index in [4.69, 9.17) is 9.84 Å². The third-order valence-corrected chi connectivity index (χ3v) is 6.06. The highest BCUT2D eigenvalue weighted by molar-refractivity contribution is 5.41. The number of aliphatic hydroxyl groups excluding tert-OH is 1. The van der Waals surface area contributed by atoms with E-state index in [9.17, 15) is 4.39 Å². The second-order valence-electron chi connectivity index (χ2n) is 8.36. The number of morpholine rings is 1. The zero-order valence-electron chi connectivity index (χ0n) is 17.1. The summed E-state index contributed by atoms with van der Waals surface area (Å²) in [7, 11) is 0. The molecule has 4 rings (SSSR count). The van der Waals surface area contributed by atoms with Crippen LogP contribution in [-0.2, 0) is 17.7 Å². The Bertz CT molecular complexity index is 837. The maximum Gasteiger partial charge on any atom is 0.128 e. The smallest absolute Gasteiger partial charge is 0.128 e. The molecule has 2 aromatic rings. The number of anilines is 1. The van der Waals surface area contributed by atoms with Gasteiger partial charge in [-0.3, -0.25) is 4.90 Å². The molecule has 3 heterocycles. The van der Waals surface area contributed by atoms with Crippen molar-refractivity contribution in [3.8, 4) is 0 Å². The van der Waals surface area contributed by atoms with Crippen molar-refractivity contribution in [2.75, 3.05) is 44.3 Å². The molecular formula is C23H30FN3O2. The van der Waals surface area contributed by atoms with Gasteiger partial charge in [-0.05, 0) is 67.1 Å². The summed E-state index contributed by atoms with van der Waals surface area (Å²) in [4.78, 5) is 9.27. The summed E-state index contributed by atoms with van der Waals surface area (Å²) in [5, 5.41) is 9.13. The van der Waals surface area contributed by atoms with Crippen molar-refractivity contribution in [2.24, 2.45) is 0 Å². The Morgan fingerprint density at radius 1 is 1.14 bits per heavy atom. The number of aryl methyl sites for hydroxylation is 1. The van der Waals surface area contributed by atoms with E-state index in [0.29, 0.717) is 6.42 Å². The molecule has 0 unspecified atom stereocenters. The van der Waals surface area contributed by atoms with E-state index in [1.54, 1.807) is 6.07 Å². The van der Waals surface area contributed by atoms with E-state index in [-0.39, 0.29) is 18.0 Å². The molecule has 6 heteroatoms. The average Bonchev–Trinajstić information content (AvgIpc) is 2.70. The number of ether oxygens (including phenoxy) is 1. The van der Waals surface area contributed by atoms with Gasteiger partial charge in [0.2, 0.25) is 0 Å². The predicted octanol–water partition coefficient (Wildman–Crippen LogP) is 2.94. The quantitative estimate of drug-likeness (QED) is 0.838. The van der Waals surface area contributed by atoms with Gasteiger partial charge in [0.1, 0.15) is 11.6 Å². The van der Waals surface area contributed by atoms with Crippen LogP contribution in [0.4, 0.5) is 10.2 Å². The summed E-state index contributed by atoms with van der Waals surface area (Å²) in [6.07, 6.45) is 4.30. The minimum atomic E-state index is -0.226.